The van der Waals surface area contributed by atoms with Crippen molar-refractivity contribution in [2.24, 2.45) is 0 Å². The van der Waals surface area contributed by atoms with Crippen molar-refractivity contribution < 1.29 is 9.53 Å². The number of ether oxygens (including phenoxy) is 1. The van der Waals surface area contributed by atoms with Gasteiger partial charge in [-0.3, -0.25) is 4.79 Å². The summed E-state index contributed by atoms with van der Waals surface area (Å²) in [6.45, 7) is 2.02. The number of esters is 1. The third kappa shape index (κ3) is 4.11. The molecule has 0 aliphatic carbocycles. The molecule has 0 saturated heterocycles. The highest BCUT2D eigenvalue weighted by Crippen LogP contribution is 2.16. The average molecular weight is 242 g/mol. The molecule has 0 aromatic heterocycles. The highest BCUT2D eigenvalue weighted by atomic mass is 35.5. The van der Waals surface area contributed by atoms with Gasteiger partial charge in [0.25, 0.3) is 0 Å². The number of carbonyl (C=O) groups is 1. The summed E-state index contributed by atoms with van der Waals surface area (Å²) in [6, 6.07) is 7.50. The first-order chi connectivity index (χ1) is 7.65. The highest BCUT2D eigenvalue weighted by molar-refractivity contribution is 6.30. The van der Waals surface area contributed by atoms with Crippen molar-refractivity contribution in [1.29, 1.82) is 0 Å². The summed E-state index contributed by atoms with van der Waals surface area (Å²) in [4.78, 5) is 11.1. The van der Waals surface area contributed by atoms with Crippen molar-refractivity contribution in [3.63, 3.8) is 0 Å². The molecule has 0 aliphatic heterocycles. The molecule has 0 aliphatic rings. The lowest BCUT2D eigenvalue weighted by molar-refractivity contribution is -0.140. The standard InChI is InChI=1S/C12H16ClNO2/c1-3-10(8-12(15)16-2)14-11-6-4-9(13)5-7-11/h4-7,10,14H,3,8H2,1-2H3. The molecule has 0 saturated carbocycles. The summed E-state index contributed by atoms with van der Waals surface area (Å²) in [5.41, 5.74) is 0.958. The third-order valence-electron chi connectivity index (χ3n) is 2.35. The molecule has 1 aromatic carbocycles. The molecule has 3 nitrogen and oxygen atoms in total. The Bertz CT molecular complexity index is 337. The van der Waals surface area contributed by atoms with E-state index in [1.807, 2.05) is 31.2 Å². The van der Waals surface area contributed by atoms with Gasteiger partial charge in [0.05, 0.1) is 13.5 Å². The molecule has 1 unspecified atom stereocenters. The monoisotopic (exact) mass is 241 g/mol. The number of anilines is 1. The highest BCUT2D eigenvalue weighted by Gasteiger charge is 2.11. The summed E-state index contributed by atoms with van der Waals surface area (Å²) in [7, 11) is 1.40. The number of halogens is 1. The van der Waals surface area contributed by atoms with Crippen molar-refractivity contribution >= 4 is 23.3 Å². The molecule has 0 heterocycles. The largest absolute Gasteiger partial charge is 0.469 e. The van der Waals surface area contributed by atoms with Gasteiger partial charge in [-0.05, 0) is 30.7 Å². The first kappa shape index (κ1) is 12.8. The number of hydrogen-bond donors (Lipinski definition) is 1. The lowest BCUT2D eigenvalue weighted by Gasteiger charge is -2.16. The van der Waals surface area contributed by atoms with Crippen LogP contribution in [0, 0.1) is 0 Å². The van der Waals surface area contributed by atoms with E-state index in [-0.39, 0.29) is 12.0 Å². The van der Waals surface area contributed by atoms with Crippen LogP contribution >= 0.6 is 11.6 Å². The van der Waals surface area contributed by atoms with E-state index < -0.39 is 0 Å². The van der Waals surface area contributed by atoms with E-state index in [0.717, 1.165) is 12.1 Å². The van der Waals surface area contributed by atoms with Gasteiger partial charge in [-0.15, -0.1) is 0 Å². The number of benzene rings is 1. The zero-order chi connectivity index (χ0) is 12.0. The van der Waals surface area contributed by atoms with Crippen LogP contribution < -0.4 is 5.32 Å². The van der Waals surface area contributed by atoms with E-state index in [2.05, 4.69) is 10.1 Å². The first-order valence-corrected chi connectivity index (χ1v) is 5.62. The SMILES string of the molecule is CCC(CC(=O)OC)Nc1ccc(Cl)cc1. The van der Waals surface area contributed by atoms with E-state index in [1.165, 1.54) is 7.11 Å². The summed E-state index contributed by atoms with van der Waals surface area (Å²) in [6.07, 6.45) is 1.23. The van der Waals surface area contributed by atoms with Gasteiger partial charge in [0.15, 0.2) is 0 Å². The zero-order valence-corrected chi connectivity index (χ0v) is 10.3. The van der Waals surface area contributed by atoms with Crippen molar-refractivity contribution in [3.8, 4) is 0 Å². The van der Waals surface area contributed by atoms with Crippen LogP contribution in [0.1, 0.15) is 19.8 Å². The summed E-state index contributed by atoms with van der Waals surface area (Å²) in [5.74, 6) is -0.201. The molecule has 1 N–H and O–H groups in total. The summed E-state index contributed by atoms with van der Waals surface area (Å²) in [5, 5.41) is 3.96. The van der Waals surface area contributed by atoms with Crippen LogP contribution in [-0.4, -0.2) is 19.1 Å². The Morgan fingerprint density at radius 2 is 2.06 bits per heavy atom. The van der Waals surface area contributed by atoms with Gasteiger partial charge in [0, 0.05) is 16.8 Å². The maximum absolute atomic E-state index is 11.1. The summed E-state index contributed by atoms with van der Waals surface area (Å²) >= 11 is 5.79. The van der Waals surface area contributed by atoms with Gasteiger partial charge in [-0.1, -0.05) is 18.5 Å². The van der Waals surface area contributed by atoms with Gasteiger partial charge in [0.1, 0.15) is 0 Å². The maximum Gasteiger partial charge on any atom is 0.307 e. The Balaban J connectivity index is 2.56. The smallest absolute Gasteiger partial charge is 0.307 e. The van der Waals surface area contributed by atoms with Crippen molar-refractivity contribution in [1.82, 2.24) is 0 Å². The quantitative estimate of drug-likeness (QED) is 0.805. The zero-order valence-electron chi connectivity index (χ0n) is 9.50. The molecule has 1 atom stereocenters. The molecule has 0 bridgehead atoms. The van der Waals surface area contributed by atoms with Crippen LogP contribution in [0.4, 0.5) is 5.69 Å². The Morgan fingerprint density at radius 1 is 1.44 bits per heavy atom. The molecule has 88 valence electrons. The van der Waals surface area contributed by atoms with E-state index in [4.69, 9.17) is 11.6 Å². The molecule has 0 spiro atoms. The normalized spacial score (nSPS) is 11.9. The number of nitrogens with one attached hydrogen (secondary N) is 1. The predicted octanol–water partition coefficient (Wildman–Crippen LogP) is 3.09. The molecule has 0 fully saturated rings. The second kappa shape index (κ2) is 6.38. The molecule has 0 amide bonds. The van der Waals surface area contributed by atoms with Crippen LogP contribution in [0.5, 0.6) is 0 Å². The predicted molar refractivity (Wildman–Crippen MR) is 65.8 cm³/mol. The van der Waals surface area contributed by atoms with Crippen LogP contribution in [0.15, 0.2) is 24.3 Å². The van der Waals surface area contributed by atoms with E-state index >= 15 is 0 Å². The van der Waals surface area contributed by atoms with E-state index in [1.54, 1.807) is 0 Å². The molecule has 1 rings (SSSR count). The fourth-order valence-electron chi connectivity index (χ4n) is 1.36. The van der Waals surface area contributed by atoms with Gasteiger partial charge < -0.3 is 10.1 Å². The Kier molecular flexibility index (Phi) is 5.12. The Hall–Kier alpha value is -1.22. The molecular formula is C12H16ClNO2. The maximum atomic E-state index is 11.1. The number of methoxy groups -OCH3 is 1. The van der Waals surface area contributed by atoms with Gasteiger partial charge >= 0.3 is 5.97 Å². The minimum Gasteiger partial charge on any atom is -0.469 e. The molecule has 16 heavy (non-hydrogen) atoms. The molecule has 1 aromatic rings. The second-order valence-corrected chi connectivity index (χ2v) is 3.97. The average Bonchev–Trinajstić information content (AvgIpc) is 2.30. The van der Waals surface area contributed by atoms with Crippen molar-refractivity contribution in [2.75, 3.05) is 12.4 Å². The van der Waals surface area contributed by atoms with E-state index in [9.17, 15) is 4.79 Å². The van der Waals surface area contributed by atoms with Crippen LogP contribution in [-0.2, 0) is 9.53 Å². The lowest BCUT2D eigenvalue weighted by atomic mass is 10.1. The van der Waals surface area contributed by atoms with Crippen LogP contribution in [0.3, 0.4) is 0 Å². The van der Waals surface area contributed by atoms with Crippen molar-refractivity contribution in [3.05, 3.63) is 29.3 Å². The second-order valence-electron chi connectivity index (χ2n) is 3.54. The molecule has 4 heteroatoms. The Labute approximate surface area is 101 Å². The minimum absolute atomic E-state index is 0.0913. The van der Waals surface area contributed by atoms with Crippen LogP contribution in [0.25, 0.3) is 0 Å². The molecule has 0 radical (unpaired) electrons. The number of carbonyl (C=O) groups excluding carboxylic acids is 1. The minimum atomic E-state index is -0.201. The fraction of sp³-hybridized carbons (Fsp3) is 0.417. The molecular weight excluding hydrogens is 226 g/mol. The topological polar surface area (TPSA) is 38.3 Å². The summed E-state index contributed by atoms with van der Waals surface area (Å²) < 4.78 is 4.64. The Morgan fingerprint density at radius 3 is 2.56 bits per heavy atom. The van der Waals surface area contributed by atoms with Gasteiger partial charge in [-0.25, -0.2) is 0 Å². The first-order valence-electron chi connectivity index (χ1n) is 5.24. The van der Waals surface area contributed by atoms with Crippen molar-refractivity contribution in [2.45, 2.75) is 25.8 Å². The number of rotatable bonds is 5. The van der Waals surface area contributed by atoms with Gasteiger partial charge in [-0.2, -0.15) is 0 Å². The third-order valence-corrected chi connectivity index (χ3v) is 2.60. The number of hydrogen-bond acceptors (Lipinski definition) is 3. The van der Waals surface area contributed by atoms with Crippen LogP contribution in [0.2, 0.25) is 5.02 Å². The van der Waals surface area contributed by atoms with E-state index in [0.29, 0.717) is 11.4 Å². The fourth-order valence-corrected chi connectivity index (χ4v) is 1.49. The lowest BCUT2D eigenvalue weighted by Crippen LogP contribution is -2.22. The van der Waals surface area contributed by atoms with Gasteiger partial charge in [0.2, 0.25) is 0 Å².